The first-order chi connectivity index (χ1) is 8.11. The van der Waals surface area contributed by atoms with Crippen molar-refractivity contribution in [3.63, 3.8) is 0 Å². The van der Waals surface area contributed by atoms with E-state index in [2.05, 4.69) is 9.97 Å². The number of aromatic nitrogens is 2. The van der Waals surface area contributed by atoms with Crippen molar-refractivity contribution >= 4 is 22.1 Å². The van der Waals surface area contributed by atoms with E-state index < -0.39 is 16.6 Å². The molecule has 1 unspecified atom stereocenters. The van der Waals surface area contributed by atoms with Gasteiger partial charge in [0, 0.05) is 18.0 Å². The lowest BCUT2D eigenvalue weighted by Crippen LogP contribution is -1.90. The molecule has 0 aromatic carbocycles. The summed E-state index contributed by atoms with van der Waals surface area (Å²) in [5.41, 5.74) is 1.44. The Morgan fingerprint density at radius 1 is 1.47 bits per heavy atom. The summed E-state index contributed by atoms with van der Waals surface area (Å²) in [5, 5.41) is 0.666. The van der Waals surface area contributed by atoms with E-state index in [1.807, 2.05) is 6.92 Å². The summed E-state index contributed by atoms with van der Waals surface area (Å²) in [5.74, 6) is -0.394. The highest BCUT2D eigenvalue weighted by molar-refractivity contribution is 7.86. The molecule has 0 saturated heterocycles. The summed E-state index contributed by atoms with van der Waals surface area (Å²) in [6.07, 6.45) is 5.05. The zero-order valence-corrected chi connectivity index (χ0v) is 11.1. The lowest BCUT2D eigenvalue weighted by atomic mass is 10.3. The van der Waals surface area contributed by atoms with E-state index in [1.54, 1.807) is 12.5 Å². The molecule has 2 heterocycles. The van der Waals surface area contributed by atoms with Gasteiger partial charge in [0.2, 0.25) is 0 Å². The first kappa shape index (κ1) is 12.3. The van der Waals surface area contributed by atoms with Crippen molar-refractivity contribution in [2.75, 3.05) is 6.26 Å². The molecule has 0 bridgehead atoms. The van der Waals surface area contributed by atoms with Gasteiger partial charge in [-0.15, -0.1) is 11.3 Å². The molecule has 0 aliphatic rings. The third-order valence-corrected chi connectivity index (χ3v) is 4.86. The van der Waals surface area contributed by atoms with E-state index in [-0.39, 0.29) is 0 Å². The molecule has 0 amide bonds. The van der Waals surface area contributed by atoms with Gasteiger partial charge in [-0.3, -0.25) is 9.19 Å². The number of thiazole rings is 1. The molecular formula is C11H11FN2OS2. The van der Waals surface area contributed by atoms with Crippen LogP contribution in [-0.4, -0.2) is 20.4 Å². The van der Waals surface area contributed by atoms with Crippen LogP contribution in [0.3, 0.4) is 0 Å². The van der Waals surface area contributed by atoms with Gasteiger partial charge in [-0.1, -0.05) is 6.92 Å². The van der Waals surface area contributed by atoms with E-state index in [4.69, 9.17) is 0 Å². The predicted octanol–water partition coefficient (Wildman–Crippen LogP) is 2.64. The van der Waals surface area contributed by atoms with E-state index in [1.165, 1.54) is 17.4 Å². The Balaban J connectivity index is 2.50. The highest BCUT2D eigenvalue weighted by atomic mass is 32.2. The maximum absolute atomic E-state index is 13.1. The smallest absolute Gasteiger partial charge is 0.142 e. The van der Waals surface area contributed by atoms with Gasteiger partial charge in [0.1, 0.15) is 15.0 Å². The number of pyridine rings is 1. The summed E-state index contributed by atoms with van der Waals surface area (Å²) in [6, 6.07) is 1.38. The molecule has 6 heteroatoms. The molecule has 17 heavy (non-hydrogen) atoms. The first-order valence-corrected chi connectivity index (χ1v) is 7.43. The average molecular weight is 270 g/mol. The Labute approximate surface area is 105 Å². The summed E-state index contributed by atoms with van der Waals surface area (Å²) in [7, 11) is -1.06. The second-order valence-corrected chi connectivity index (χ2v) is 6.03. The second-order valence-electron chi connectivity index (χ2n) is 3.45. The predicted molar refractivity (Wildman–Crippen MR) is 67.0 cm³/mol. The van der Waals surface area contributed by atoms with Crippen LogP contribution < -0.4 is 0 Å². The van der Waals surface area contributed by atoms with Crippen molar-refractivity contribution in [3.8, 4) is 10.6 Å². The number of hydrogen-bond acceptors (Lipinski definition) is 4. The number of rotatable bonds is 3. The third kappa shape index (κ3) is 2.58. The van der Waals surface area contributed by atoms with E-state index in [0.717, 1.165) is 16.1 Å². The molecule has 0 spiro atoms. The number of hydrogen-bond donors (Lipinski definition) is 0. The SMILES string of the molecule is CCc1nc(-c2cncc(F)c2)sc1S(C)=O. The van der Waals surface area contributed by atoms with Gasteiger partial charge in [-0.05, 0) is 12.5 Å². The number of aryl methyl sites for hydroxylation is 1. The number of halogens is 1. The van der Waals surface area contributed by atoms with Gasteiger partial charge in [0.25, 0.3) is 0 Å². The molecule has 1 atom stereocenters. The van der Waals surface area contributed by atoms with Crippen molar-refractivity contribution in [2.24, 2.45) is 0 Å². The maximum Gasteiger partial charge on any atom is 0.142 e. The van der Waals surface area contributed by atoms with Crippen molar-refractivity contribution in [1.82, 2.24) is 9.97 Å². The molecule has 0 N–H and O–H groups in total. The molecule has 0 saturated carbocycles. The molecule has 0 aliphatic carbocycles. The molecular weight excluding hydrogens is 259 g/mol. The van der Waals surface area contributed by atoms with E-state index >= 15 is 0 Å². The second kappa shape index (κ2) is 5.01. The fraction of sp³-hybridized carbons (Fsp3) is 0.273. The van der Waals surface area contributed by atoms with Crippen LogP contribution in [-0.2, 0) is 17.2 Å². The zero-order chi connectivity index (χ0) is 12.4. The maximum atomic E-state index is 13.1. The van der Waals surface area contributed by atoms with Gasteiger partial charge in [0.15, 0.2) is 0 Å². The van der Waals surface area contributed by atoms with Crippen LogP contribution in [0.4, 0.5) is 4.39 Å². The van der Waals surface area contributed by atoms with E-state index in [0.29, 0.717) is 17.0 Å². The molecule has 0 radical (unpaired) electrons. The zero-order valence-electron chi connectivity index (χ0n) is 9.44. The quantitative estimate of drug-likeness (QED) is 0.861. The van der Waals surface area contributed by atoms with Crippen LogP contribution in [0.25, 0.3) is 10.6 Å². The summed E-state index contributed by atoms with van der Waals surface area (Å²) in [4.78, 5) is 8.17. The standard InChI is InChI=1S/C11H11FN2OS2/c1-3-9-11(17(2)15)16-10(14-9)7-4-8(12)6-13-5-7/h4-6H,3H2,1-2H3. The Morgan fingerprint density at radius 2 is 2.24 bits per heavy atom. The van der Waals surface area contributed by atoms with Gasteiger partial charge >= 0.3 is 0 Å². The van der Waals surface area contributed by atoms with E-state index in [9.17, 15) is 8.60 Å². The molecule has 0 fully saturated rings. The van der Waals surface area contributed by atoms with Gasteiger partial charge in [0.05, 0.1) is 22.7 Å². The normalized spacial score (nSPS) is 12.6. The minimum Gasteiger partial charge on any atom is -0.261 e. The first-order valence-electron chi connectivity index (χ1n) is 5.06. The minimum atomic E-state index is -1.06. The van der Waals surface area contributed by atoms with Crippen LogP contribution >= 0.6 is 11.3 Å². The lowest BCUT2D eigenvalue weighted by molar-refractivity contribution is 0.622. The van der Waals surface area contributed by atoms with Crippen molar-refractivity contribution < 1.29 is 8.60 Å². The van der Waals surface area contributed by atoms with Crippen LogP contribution in [0, 0.1) is 5.82 Å². The molecule has 2 aromatic rings. The van der Waals surface area contributed by atoms with Gasteiger partial charge in [-0.25, -0.2) is 9.37 Å². The Hall–Kier alpha value is -1.14. The molecule has 2 rings (SSSR count). The third-order valence-electron chi connectivity index (χ3n) is 2.21. The summed E-state index contributed by atoms with van der Waals surface area (Å²) >= 11 is 1.34. The monoisotopic (exact) mass is 270 g/mol. The van der Waals surface area contributed by atoms with Gasteiger partial charge in [-0.2, -0.15) is 0 Å². The summed E-state index contributed by atoms with van der Waals surface area (Å²) in [6.45, 7) is 1.96. The topological polar surface area (TPSA) is 42.9 Å². The number of nitrogens with zero attached hydrogens (tertiary/aromatic N) is 2. The fourth-order valence-electron chi connectivity index (χ4n) is 1.44. The Morgan fingerprint density at radius 3 is 2.76 bits per heavy atom. The van der Waals surface area contributed by atoms with Crippen LogP contribution in [0.1, 0.15) is 12.6 Å². The molecule has 0 aliphatic heterocycles. The van der Waals surface area contributed by atoms with Crippen molar-refractivity contribution in [3.05, 3.63) is 30.0 Å². The molecule has 90 valence electrons. The highest BCUT2D eigenvalue weighted by Gasteiger charge is 2.14. The van der Waals surface area contributed by atoms with Crippen LogP contribution in [0.15, 0.2) is 22.7 Å². The van der Waals surface area contributed by atoms with Crippen LogP contribution in [0.5, 0.6) is 0 Å². The summed E-state index contributed by atoms with van der Waals surface area (Å²) < 4.78 is 25.3. The largest absolute Gasteiger partial charge is 0.261 e. The van der Waals surface area contributed by atoms with Gasteiger partial charge < -0.3 is 0 Å². The lowest BCUT2D eigenvalue weighted by Gasteiger charge is -1.94. The van der Waals surface area contributed by atoms with Crippen molar-refractivity contribution in [1.29, 1.82) is 0 Å². The Bertz CT molecular complexity index is 568. The minimum absolute atomic E-state index is 0.394. The highest BCUT2D eigenvalue weighted by Crippen LogP contribution is 2.30. The Kier molecular flexibility index (Phi) is 3.63. The van der Waals surface area contributed by atoms with Crippen LogP contribution in [0.2, 0.25) is 0 Å². The molecule has 3 nitrogen and oxygen atoms in total. The van der Waals surface area contributed by atoms with Crippen molar-refractivity contribution in [2.45, 2.75) is 17.6 Å². The fourth-order valence-corrected chi connectivity index (χ4v) is 3.53. The molecule has 2 aromatic heterocycles. The average Bonchev–Trinajstić information content (AvgIpc) is 2.73.